The zero-order valence-corrected chi connectivity index (χ0v) is 19.0. The second kappa shape index (κ2) is 10.7. The minimum absolute atomic E-state index is 0.0851. The largest absolute Gasteiger partial charge is 0.493 e. The summed E-state index contributed by atoms with van der Waals surface area (Å²) in [5.74, 6) is 0.780. The van der Waals surface area contributed by atoms with Gasteiger partial charge >= 0.3 is 0 Å². The van der Waals surface area contributed by atoms with Gasteiger partial charge in [-0.15, -0.1) is 0 Å². The van der Waals surface area contributed by atoms with E-state index in [2.05, 4.69) is 45.6 Å². The molecule has 0 atom stereocenters. The van der Waals surface area contributed by atoms with Crippen molar-refractivity contribution >= 4 is 33.6 Å². The van der Waals surface area contributed by atoms with Crippen molar-refractivity contribution < 1.29 is 14.3 Å². The van der Waals surface area contributed by atoms with Crippen molar-refractivity contribution in [2.45, 2.75) is 0 Å². The fraction of sp³-hybridized carbons (Fsp3) is 0.250. The maximum absolute atomic E-state index is 13.0. The number of carbonyl (C=O) groups excluding carboxylic acids is 1. The topological polar surface area (TPSA) is 65.8 Å². The highest BCUT2D eigenvalue weighted by Gasteiger charge is 2.24. The number of ether oxygens (including phenoxy) is 2. The number of nitrogens with zero attached hydrogens (tertiary/aromatic N) is 3. The molecule has 0 N–H and O–H groups in total. The zero-order chi connectivity index (χ0) is 22.2. The third kappa shape index (κ3) is 5.47. The molecule has 31 heavy (non-hydrogen) atoms. The van der Waals surface area contributed by atoms with Gasteiger partial charge in [-0.3, -0.25) is 4.79 Å². The smallest absolute Gasteiger partial charge is 0.264 e. The fourth-order valence-electron chi connectivity index (χ4n) is 3.39. The van der Waals surface area contributed by atoms with Crippen LogP contribution in [-0.4, -0.2) is 50.7 Å². The van der Waals surface area contributed by atoms with Gasteiger partial charge in [0, 0.05) is 31.9 Å². The first-order valence-electron chi connectivity index (χ1n) is 9.89. The average molecular weight is 482 g/mol. The maximum Gasteiger partial charge on any atom is 0.264 e. The fourth-order valence-corrected chi connectivity index (χ4v) is 3.97. The number of hydrogen-bond acceptors (Lipinski definition) is 5. The highest BCUT2D eigenvalue weighted by atomic mass is 79.9. The first-order chi connectivity index (χ1) is 15.1. The van der Waals surface area contributed by atoms with Crippen LogP contribution < -0.4 is 14.4 Å². The lowest BCUT2D eigenvalue weighted by Crippen LogP contribution is -2.49. The lowest BCUT2D eigenvalue weighted by Gasteiger charge is -2.36. The molecule has 2 aromatic rings. The molecule has 0 unspecified atom stereocenters. The Morgan fingerprint density at radius 2 is 1.94 bits per heavy atom. The Morgan fingerprint density at radius 3 is 2.55 bits per heavy atom. The van der Waals surface area contributed by atoms with E-state index in [0.29, 0.717) is 41.2 Å². The van der Waals surface area contributed by atoms with Crippen molar-refractivity contribution in [1.29, 1.82) is 5.26 Å². The van der Waals surface area contributed by atoms with Crippen molar-refractivity contribution in [3.05, 3.63) is 70.7 Å². The summed E-state index contributed by atoms with van der Waals surface area (Å²) in [6, 6.07) is 15.7. The van der Waals surface area contributed by atoms with E-state index in [1.807, 2.05) is 18.2 Å². The van der Waals surface area contributed by atoms with Crippen molar-refractivity contribution in [3.8, 4) is 17.6 Å². The number of hydrogen-bond donors (Lipinski definition) is 0. The van der Waals surface area contributed by atoms with E-state index < -0.39 is 0 Å². The Balaban J connectivity index is 1.74. The Hall–Kier alpha value is -3.24. The van der Waals surface area contributed by atoms with Gasteiger partial charge < -0.3 is 19.3 Å². The molecule has 7 heteroatoms. The van der Waals surface area contributed by atoms with Crippen molar-refractivity contribution in [1.82, 2.24) is 4.90 Å². The average Bonchev–Trinajstić information content (AvgIpc) is 2.81. The van der Waals surface area contributed by atoms with Gasteiger partial charge in [0.25, 0.3) is 5.91 Å². The van der Waals surface area contributed by atoms with Gasteiger partial charge in [-0.05, 0) is 51.8 Å². The van der Waals surface area contributed by atoms with Gasteiger partial charge in [0.15, 0.2) is 11.5 Å². The van der Waals surface area contributed by atoms with Crippen LogP contribution >= 0.6 is 15.9 Å². The summed E-state index contributed by atoms with van der Waals surface area (Å²) in [4.78, 5) is 16.9. The van der Waals surface area contributed by atoms with Crippen LogP contribution in [0, 0.1) is 11.3 Å². The SMILES string of the molecule is C=CCOc1c(Br)cc(/C=C(/C#N)C(=O)N2CCN(c3ccccc3)CC2)cc1OC. The van der Waals surface area contributed by atoms with E-state index in [9.17, 15) is 10.1 Å². The third-order valence-electron chi connectivity index (χ3n) is 4.95. The van der Waals surface area contributed by atoms with Gasteiger partial charge in [0.05, 0.1) is 11.6 Å². The van der Waals surface area contributed by atoms with Crippen LogP contribution in [-0.2, 0) is 4.79 Å². The summed E-state index contributed by atoms with van der Waals surface area (Å²) in [6.07, 6.45) is 3.22. The molecule has 1 aliphatic heterocycles. The number of carbonyl (C=O) groups is 1. The molecule has 0 radical (unpaired) electrons. The van der Waals surface area contributed by atoms with Crippen LogP contribution in [0.15, 0.2) is 65.2 Å². The number of rotatable bonds is 7. The van der Waals surface area contributed by atoms with Gasteiger partial charge in [-0.1, -0.05) is 30.9 Å². The van der Waals surface area contributed by atoms with Crippen LogP contribution in [0.25, 0.3) is 6.08 Å². The number of methoxy groups -OCH3 is 1. The molecule has 1 amide bonds. The highest BCUT2D eigenvalue weighted by Crippen LogP contribution is 2.37. The molecule has 0 aliphatic carbocycles. The van der Waals surface area contributed by atoms with Crippen molar-refractivity contribution in [2.75, 3.05) is 44.8 Å². The van der Waals surface area contributed by atoms with Crippen molar-refractivity contribution in [2.24, 2.45) is 0 Å². The molecule has 6 nitrogen and oxygen atoms in total. The summed E-state index contributed by atoms with van der Waals surface area (Å²) >= 11 is 3.47. The van der Waals surface area contributed by atoms with Crippen LogP contribution in [0.5, 0.6) is 11.5 Å². The van der Waals surface area contributed by atoms with E-state index in [1.165, 1.54) is 0 Å². The second-order valence-corrected chi connectivity index (χ2v) is 7.77. The van der Waals surface area contributed by atoms with E-state index >= 15 is 0 Å². The van der Waals surface area contributed by atoms with E-state index in [1.54, 1.807) is 36.3 Å². The minimum Gasteiger partial charge on any atom is -0.493 e. The molecule has 1 heterocycles. The first kappa shape index (κ1) is 22.4. The minimum atomic E-state index is -0.266. The monoisotopic (exact) mass is 481 g/mol. The summed E-state index contributed by atoms with van der Waals surface area (Å²) in [5, 5.41) is 9.63. The van der Waals surface area contributed by atoms with E-state index in [-0.39, 0.29) is 11.5 Å². The molecular weight excluding hydrogens is 458 g/mol. The number of piperazine rings is 1. The normalized spacial score (nSPS) is 14.0. The number of anilines is 1. The number of para-hydroxylation sites is 1. The lowest BCUT2D eigenvalue weighted by atomic mass is 10.1. The van der Waals surface area contributed by atoms with Gasteiger partial charge in [-0.25, -0.2) is 0 Å². The summed E-state index contributed by atoms with van der Waals surface area (Å²) in [6.45, 7) is 6.56. The molecule has 1 fully saturated rings. The molecule has 0 aromatic heterocycles. The maximum atomic E-state index is 13.0. The van der Waals surface area contributed by atoms with Crippen LogP contribution in [0.3, 0.4) is 0 Å². The molecule has 1 saturated heterocycles. The Kier molecular flexibility index (Phi) is 7.74. The molecule has 2 aromatic carbocycles. The Labute approximate surface area is 191 Å². The van der Waals surface area contributed by atoms with Crippen LogP contribution in [0.4, 0.5) is 5.69 Å². The second-order valence-electron chi connectivity index (χ2n) is 6.92. The summed E-state index contributed by atoms with van der Waals surface area (Å²) < 4.78 is 11.7. The molecule has 0 saturated carbocycles. The summed E-state index contributed by atoms with van der Waals surface area (Å²) in [5.41, 5.74) is 1.89. The quantitative estimate of drug-likeness (QED) is 0.335. The standard InChI is InChI=1S/C24H24BrN3O3/c1-3-13-31-23-21(25)15-18(16-22(23)30-2)14-19(17-26)24(29)28-11-9-27(10-12-28)20-7-5-4-6-8-20/h3-8,14-16H,1,9-13H2,2H3/b19-14-. The predicted molar refractivity (Wildman–Crippen MR) is 125 cm³/mol. The zero-order valence-electron chi connectivity index (χ0n) is 17.4. The van der Waals surface area contributed by atoms with Gasteiger partial charge in [-0.2, -0.15) is 5.26 Å². The van der Waals surface area contributed by atoms with Crippen LogP contribution in [0.2, 0.25) is 0 Å². The molecule has 160 valence electrons. The van der Waals surface area contributed by atoms with Crippen LogP contribution in [0.1, 0.15) is 5.56 Å². The molecule has 0 spiro atoms. The van der Waals surface area contributed by atoms with Gasteiger partial charge in [0.2, 0.25) is 0 Å². The van der Waals surface area contributed by atoms with E-state index in [0.717, 1.165) is 18.8 Å². The number of nitriles is 1. The molecule has 3 rings (SSSR count). The summed E-state index contributed by atoms with van der Waals surface area (Å²) in [7, 11) is 1.54. The number of halogens is 1. The number of amides is 1. The predicted octanol–water partition coefficient (Wildman–Crippen LogP) is 4.28. The van der Waals surface area contributed by atoms with Gasteiger partial charge in [0.1, 0.15) is 18.2 Å². The van der Waals surface area contributed by atoms with E-state index in [4.69, 9.17) is 9.47 Å². The highest BCUT2D eigenvalue weighted by molar-refractivity contribution is 9.10. The Bertz CT molecular complexity index is 1010. The Morgan fingerprint density at radius 1 is 1.23 bits per heavy atom. The van der Waals surface area contributed by atoms with Crippen molar-refractivity contribution in [3.63, 3.8) is 0 Å². The molecular formula is C24H24BrN3O3. The molecule has 0 bridgehead atoms. The lowest BCUT2D eigenvalue weighted by molar-refractivity contribution is -0.126. The molecule has 1 aliphatic rings. The third-order valence-corrected chi connectivity index (χ3v) is 5.54. The number of benzene rings is 2. The first-order valence-corrected chi connectivity index (χ1v) is 10.7.